The molecule has 3 aromatic rings. The largest absolute Gasteiger partial charge is 0.369 e. The van der Waals surface area contributed by atoms with Gasteiger partial charge in [0.25, 0.3) is 0 Å². The minimum atomic E-state index is 0.129. The van der Waals surface area contributed by atoms with E-state index in [9.17, 15) is 0 Å². The molecule has 0 unspecified atom stereocenters. The molecule has 2 heterocycles. The van der Waals surface area contributed by atoms with Gasteiger partial charge in [0.2, 0.25) is 0 Å². The van der Waals surface area contributed by atoms with Gasteiger partial charge in [-0.2, -0.15) is 5.10 Å². The van der Waals surface area contributed by atoms with Crippen LogP contribution in [0.2, 0.25) is 0 Å². The first-order valence-electron chi connectivity index (χ1n) is 6.86. The van der Waals surface area contributed by atoms with Gasteiger partial charge in [-0.1, -0.05) is 30.3 Å². The van der Waals surface area contributed by atoms with Gasteiger partial charge in [0.1, 0.15) is 0 Å². The number of benzene rings is 1. The first-order chi connectivity index (χ1) is 10.3. The van der Waals surface area contributed by atoms with E-state index < -0.39 is 0 Å². The molecule has 0 amide bonds. The summed E-state index contributed by atoms with van der Waals surface area (Å²) < 4.78 is 1.88. The zero-order valence-corrected chi connectivity index (χ0v) is 12.7. The van der Waals surface area contributed by atoms with Gasteiger partial charge in [-0.3, -0.25) is 4.68 Å². The Labute approximate surface area is 128 Å². The van der Waals surface area contributed by atoms with Crippen molar-refractivity contribution in [2.24, 2.45) is 12.8 Å². The van der Waals surface area contributed by atoms with Crippen molar-refractivity contribution < 1.29 is 0 Å². The van der Waals surface area contributed by atoms with Crippen LogP contribution in [0.3, 0.4) is 0 Å². The number of nitrogens with two attached hydrogens (primary N) is 1. The van der Waals surface area contributed by atoms with Gasteiger partial charge in [0, 0.05) is 30.7 Å². The number of thiophene rings is 1. The van der Waals surface area contributed by atoms with Gasteiger partial charge >= 0.3 is 0 Å². The lowest BCUT2D eigenvalue weighted by molar-refractivity contribution is 0.776. The highest BCUT2D eigenvalue weighted by Crippen LogP contribution is 2.30. The number of anilines is 1. The number of nitrogens with one attached hydrogen (secondary N) is 1. The molecule has 2 aromatic heterocycles. The third-order valence-electron chi connectivity index (χ3n) is 3.47. The second-order valence-electron chi connectivity index (χ2n) is 4.88. The van der Waals surface area contributed by atoms with Crippen LogP contribution in [0, 0.1) is 0 Å². The highest BCUT2D eigenvalue weighted by Gasteiger charge is 2.11. The molecule has 21 heavy (non-hydrogen) atoms. The number of nitrogens with zero attached hydrogens (tertiary/aromatic N) is 2. The topological polar surface area (TPSA) is 55.9 Å². The maximum absolute atomic E-state index is 5.91. The lowest BCUT2D eigenvalue weighted by Crippen LogP contribution is -2.19. The molecule has 4 nitrogen and oxygen atoms in total. The van der Waals surface area contributed by atoms with Crippen molar-refractivity contribution in [1.82, 2.24) is 9.78 Å². The third-order valence-corrected chi connectivity index (χ3v) is 4.33. The predicted molar refractivity (Wildman–Crippen MR) is 88.4 cm³/mol. The van der Waals surface area contributed by atoms with E-state index in [1.165, 1.54) is 11.1 Å². The second kappa shape index (κ2) is 6.11. The van der Waals surface area contributed by atoms with Gasteiger partial charge in [0.15, 0.2) is 0 Å². The molecule has 0 fully saturated rings. The SMILES string of the molecule is Cn1nccc1-c1csc(N[C@@H](CN)c2ccccc2)c1. The Hall–Kier alpha value is -2.11. The van der Waals surface area contributed by atoms with Gasteiger partial charge < -0.3 is 11.1 Å². The van der Waals surface area contributed by atoms with Gasteiger partial charge in [-0.05, 0) is 17.7 Å². The van der Waals surface area contributed by atoms with E-state index in [4.69, 9.17) is 5.73 Å². The lowest BCUT2D eigenvalue weighted by Gasteiger charge is -2.17. The maximum atomic E-state index is 5.91. The minimum Gasteiger partial charge on any atom is -0.369 e. The van der Waals surface area contributed by atoms with E-state index in [1.807, 2.05) is 42.2 Å². The summed E-state index contributed by atoms with van der Waals surface area (Å²) in [5.41, 5.74) is 9.40. The summed E-state index contributed by atoms with van der Waals surface area (Å²) in [7, 11) is 1.95. The highest BCUT2D eigenvalue weighted by atomic mass is 32.1. The summed E-state index contributed by atoms with van der Waals surface area (Å²) in [6.45, 7) is 0.558. The Morgan fingerprint density at radius 2 is 2.10 bits per heavy atom. The van der Waals surface area contributed by atoms with Crippen molar-refractivity contribution in [3.8, 4) is 11.3 Å². The van der Waals surface area contributed by atoms with E-state index >= 15 is 0 Å². The summed E-state index contributed by atoms with van der Waals surface area (Å²) in [5.74, 6) is 0. The number of hydrogen-bond acceptors (Lipinski definition) is 4. The second-order valence-corrected chi connectivity index (χ2v) is 5.79. The number of hydrogen-bond donors (Lipinski definition) is 2. The molecular weight excluding hydrogens is 280 g/mol. The number of aryl methyl sites for hydroxylation is 1. The highest BCUT2D eigenvalue weighted by molar-refractivity contribution is 7.14. The molecule has 0 bridgehead atoms. The van der Waals surface area contributed by atoms with Crippen molar-refractivity contribution in [2.75, 3.05) is 11.9 Å². The van der Waals surface area contributed by atoms with Crippen LogP contribution in [0.4, 0.5) is 5.00 Å². The number of aromatic nitrogens is 2. The number of rotatable bonds is 5. The summed E-state index contributed by atoms with van der Waals surface area (Å²) >= 11 is 1.69. The Bertz CT molecular complexity index is 702. The summed E-state index contributed by atoms with van der Waals surface area (Å²) in [6, 6.07) is 14.6. The average Bonchev–Trinajstić information content (AvgIpc) is 3.14. The van der Waals surface area contributed by atoms with Crippen molar-refractivity contribution >= 4 is 16.3 Å². The quantitative estimate of drug-likeness (QED) is 0.760. The van der Waals surface area contributed by atoms with Gasteiger partial charge in [-0.15, -0.1) is 11.3 Å². The molecule has 0 aliphatic carbocycles. The lowest BCUT2D eigenvalue weighted by atomic mass is 10.1. The molecule has 3 rings (SSSR count). The standard InChI is InChI=1S/C16H18N4S/c1-20-15(7-8-18-20)13-9-16(21-11-13)19-14(10-17)12-5-3-2-4-6-12/h2-9,11,14,19H,10,17H2,1H3/t14-/m0/s1. The molecule has 5 heteroatoms. The van der Waals surface area contributed by atoms with Crippen molar-refractivity contribution in [3.05, 3.63) is 59.6 Å². The average molecular weight is 298 g/mol. The predicted octanol–water partition coefficient (Wildman–Crippen LogP) is 3.26. The first kappa shape index (κ1) is 13.9. The molecule has 1 aromatic carbocycles. The smallest absolute Gasteiger partial charge is 0.0894 e. The van der Waals surface area contributed by atoms with Crippen LogP contribution in [-0.4, -0.2) is 16.3 Å². The zero-order chi connectivity index (χ0) is 14.7. The maximum Gasteiger partial charge on any atom is 0.0894 e. The normalized spacial score (nSPS) is 12.3. The summed E-state index contributed by atoms with van der Waals surface area (Å²) in [4.78, 5) is 0. The van der Waals surface area contributed by atoms with Crippen molar-refractivity contribution in [1.29, 1.82) is 0 Å². The van der Waals surface area contributed by atoms with Crippen molar-refractivity contribution in [3.63, 3.8) is 0 Å². The van der Waals surface area contributed by atoms with Crippen LogP contribution >= 0.6 is 11.3 Å². The van der Waals surface area contributed by atoms with Crippen molar-refractivity contribution in [2.45, 2.75) is 6.04 Å². The summed E-state index contributed by atoms with van der Waals surface area (Å²) in [5, 5.41) is 11.0. The van der Waals surface area contributed by atoms with Gasteiger partial charge in [-0.25, -0.2) is 0 Å². The summed E-state index contributed by atoms with van der Waals surface area (Å²) in [6.07, 6.45) is 1.81. The molecule has 1 atom stereocenters. The molecule has 0 saturated carbocycles. The fraction of sp³-hybridized carbons (Fsp3) is 0.188. The van der Waals surface area contributed by atoms with E-state index in [2.05, 4.69) is 34.0 Å². The van der Waals surface area contributed by atoms with Crippen LogP contribution < -0.4 is 11.1 Å². The molecule has 0 aliphatic rings. The molecule has 0 aliphatic heterocycles. The minimum absolute atomic E-state index is 0.129. The zero-order valence-electron chi connectivity index (χ0n) is 11.9. The van der Waals surface area contributed by atoms with E-state index in [0.717, 1.165) is 10.7 Å². The first-order valence-corrected chi connectivity index (χ1v) is 7.74. The van der Waals surface area contributed by atoms with Gasteiger partial charge in [0.05, 0.1) is 16.7 Å². The molecule has 0 radical (unpaired) electrons. The van der Waals surface area contributed by atoms with E-state index in [-0.39, 0.29) is 6.04 Å². The third kappa shape index (κ3) is 2.99. The fourth-order valence-electron chi connectivity index (χ4n) is 2.34. The fourth-order valence-corrected chi connectivity index (χ4v) is 3.19. The molecular formula is C16H18N4S. The van der Waals surface area contributed by atoms with Crippen LogP contribution in [0.15, 0.2) is 54.0 Å². The van der Waals surface area contributed by atoms with Crippen LogP contribution in [-0.2, 0) is 7.05 Å². The Morgan fingerprint density at radius 3 is 2.76 bits per heavy atom. The molecule has 3 N–H and O–H groups in total. The Balaban J connectivity index is 1.79. The van der Waals surface area contributed by atoms with Crippen LogP contribution in [0.5, 0.6) is 0 Å². The van der Waals surface area contributed by atoms with Crippen LogP contribution in [0.1, 0.15) is 11.6 Å². The van der Waals surface area contributed by atoms with E-state index in [0.29, 0.717) is 6.54 Å². The molecule has 0 saturated heterocycles. The van der Waals surface area contributed by atoms with Crippen LogP contribution in [0.25, 0.3) is 11.3 Å². The molecule has 0 spiro atoms. The van der Waals surface area contributed by atoms with E-state index in [1.54, 1.807) is 11.3 Å². The Morgan fingerprint density at radius 1 is 1.29 bits per heavy atom. The Kier molecular flexibility index (Phi) is 4.03. The molecule has 108 valence electrons. The monoisotopic (exact) mass is 298 g/mol.